The van der Waals surface area contributed by atoms with E-state index >= 15 is 0 Å². The van der Waals surface area contributed by atoms with E-state index in [1.54, 1.807) is 0 Å². The molecule has 0 saturated carbocycles. The first-order valence-corrected chi connectivity index (χ1v) is 10.6. The van der Waals surface area contributed by atoms with Crippen molar-refractivity contribution in [1.82, 2.24) is 14.7 Å². The predicted octanol–water partition coefficient (Wildman–Crippen LogP) is 2.03. The third kappa shape index (κ3) is 4.27. The summed E-state index contributed by atoms with van der Waals surface area (Å²) < 4.78 is 5.33. The van der Waals surface area contributed by atoms with Gasteiger partial charge in [0, 0.05) is 44.8 Å². The van der Waals surface area contributed by atoms with Gasteiger partial charge in [0.25, 0.3) is 5.91 Å². The van der Waals surface area contributed by atoms with E-state index in [4.69, 9.17) is 4.74 Å². The Morgan fingerprint density at radius 2 is 1.57 bits per heavy atom. The van der Waals surface area contributed by atoms with Crippen molar-refractivity contribution in [2.24, 2.45) is 0 Å². The van der Waals surface area contributed by atoms with E-state index in [0.29, 0.717) is 45.9 Å². The summed E-state index contributed by atoms with van der Waals surface area (Å²) in [6.07, 6.45) is 0. The fraction of sp³-hybridized carbons (Fsp3) is 0.429. The number of thiophene rings is 1. The first-order chi connectivity index (χ1) is 13.7. The van der Waals surface area contributed by atoms with Crippen LogP contribution in [0.5, 0.6) is 0 Å². The molecule has 0 bridgehead atoms. The lowest BCUT2D eigenvalue weighted by atomic mass is 10.1. The first-order valence-electron chi connectivity index (χ1n) is 9.72. The van der Waals surface area contributed by atoms with Gasteiger partial charge in [0.05, 0.1) is 24.6 Å². The van der Waals surface area contributed by atoms with Crippen LogP contribution in [0.25, 0.3) is 11.1 Å². The van der Waals surface area contributed by atoms with Crippen LogP contribution in [-0.2, 0) is 9.53 Å². The summed E-state index contributed by atoms with van der Waals surface area (Å²) in [5.41, 5.74) is 2.05. The monoisotopic (exact) mass is 399 g/mol. The maximum absolute atomic E-state index is 13.1. The zero-order chi connectivity index (χ0) is 19.3. The van der Waals surface area contributed by atoms with Gasteiger partial charge in [0.1, 0.15) is 0 Å². The third-order valence-corrected chi connectivity index (χ3v) is 6.23. The Balaban J connectivity index is 1.35. The largest absolute Gasteiger partial charge is 0.379 e. The minimum atomic E-state index is 0.0640. The van der Waals surface area contributed by atoms with Crippen molar-refractivity contribution in [1.29, 1.82) is 0 Å². The van der Waals surface area contributed by atoms with Gasteiger partial charge in [-0.15, -0.1) is 11.3 Å². The number of amides is 2. The third-order valence-electron chi connectivity index (χ3n) is 5.33. The Hall–Kier alpha value is -2.22. The van der Waals surface area contributed by atoms with Gasteiger partial charge in [0.2, 0.25) is 5.91 Å². The molecule has 0 spiro atoms. The summed E-state index contributed by atoms with van der Waals surface area (Å²) in [5.74, 6) is 0.212. The highest BCUT2D eigenvalue weighted by Crippen LogP contribution is 2.29. The van der Waals surface area contributed by atoms with Crippen molar-refractivity contribution < 1.29 is 14.3 Å². The predicted molar refractivity (Wildman–Crippen MR) is 109 cm³/mol. The van der Waals surface area contributed by atoms with E-state index in [2.05, 4.69) is 4.90 Å². The minimum absolute atomic E-state index is 0.0640. The molecule has 28 heavy (non-hydrogen) atoms. The fourth-order valence-corrected chi connectivity index (χ4v) is 4.56. The highest BCUT2D eigenvalue weighted by atomic mass is 32.1. The second-order valence-corrected chi connectivity index (χ2v) is 8.01. The van der Waals surface area contributed by atoms with Crippen LogP contribution in [0.1, 0.15) is 9.67 Å². The molecule has 3 heterocycles. The Morgan fingerprint density at radius 3 is 2.29 bits per heavy atom. The van der Waals surface area contributed by atoms with Crippen molar-refractivity contribution in [3.8, 4) is 11.1 Å². The average Bonchev–Trinajstić information content (AvgIpc) is 3.24. The van der Waals surface area contributed by atoms with Gasteiger partial charge in [-0.2, -0.15) is 0 Å². The molecule has 0 atom stereocenters. The number of benzene rings is 1. The van der Waals surface area contributed by atoms with Crippen molar-refractivity contribution >= 4 is 23.2 Å². The van der Waals surface area contributed by atoms with Gasteiger partial charge in [-0.25, -0.2) is 0 Å². The number of hydrogen-bond acceptors (Lipinski definition) is 5. The zero-order valence-corrected chi connectivity index (χ0v) is 16.7. The number of nitrogens with zero attached hydrogens (tertiary/aromatic N) is 3. The van der Waals surface area contributed by atoms with Gasteiger partial charge in [-0.3, -0.25) is 14.5 Å². The fourth-order valence-electron chi connectivity index (χ4n) is 3.67. The molecule has 1 aromatic carbocycles. The number of hydrogen-bond donors (Lipinski definition) is 0. The smallest absolute Gasteiger partial charge is 0.264 e. The molecule has 148 valence electrons. The lowest BCUT2D eigenvalue weighted by molar-refractivity contribution is -0.134. The van der Waals surface area contributed by atoms with Crippen LogP contribution < -0.4 is 0 Å². The maximum Gasteiger partial charge on any atom is 0.264 e. The average molecular weight is 400 g/mol. The number of carbonyl (C=O) groups is 2. The molecule has 6 nitrogen and oxygen atoms in total. The Bertz CT molecular complexity index is 809. The number of morpholine rings is 1. The van der Waals surface area contributed by atoms with Crippen LogP contribution in [-0.4, -0.2) is 85.5 Å². The molecule has 2 fully saturated rings. The highest BCUT2D eigenvalue weighted by molar-refractivity contribution is 7.12. The number of piperazine rings is 1. The van der Waals surface area contributed by atoms with E-state index in [9.17, 15) is 9.59 Å². The summed E-state index contributed by atoms with van der Waals surface area (Å²) in [5, 5.41) is 1.97. The Labute approximate surface area is 169 Å². The molecule has 2 aromatic rings. The quantitative estimate of drug-likeness (QED) is 0.790. The molecule has 2 amide bonds. The summed E-state index contributed by atoms with van der Waals surface area (Å²) in [6, 6.07) is 12.0. The van der Waals surface area contributed by atoms with E-state index in [1.807, 2.05) is 51.6 Å². The van der Waals surface area contributed by atoms with E-state index in [1.165, 1.54) is 11.3 Å². The van der Waals surface area contributed by atoms with Gasteiger partial charge in [-0.1, -0.05) is 30.3 Å². The lowest BCUT2D eigenvalue weighted by Crippen LogP contribution is -2.53. The van der Waals surface area contributed by atoms with Crippen LogP contribution in [0, 0.1) is 0 Å². The molecule has 0 N–H and O–H groups in total. The SMILES string of the molecule is O=C(CN1CCOCC1)N1CCN(C(=O)c2sccc2-c2ccccc2)CC1. The van der Waals surface area contributed by atoms with Gasteiger partial charge in [-0.05, 0) is 17.0 Å². The topological polar surface area (TPSA) is 53.1 Å². The Kier molecular flexibility index (Phi) is 6.04. The number of ether oxygens (including phenoxy) is 1. The molecule has 0 unspecified atom stereocenters. The molecular formula is C21H25N3O3S. The standard InChI is InChI=1S/C21H25N3O3S/c25-19(16-22-11-13-27-14-12-22)23-7-9-24(10-8-23)21(26)20-18(6-15-28-20)17-4-2-1-3-5-17/h1-6,15H,7-14,16H2. The summed E-state index contributed by atoms with van der Waals surface area (Å²) in [6.45, 7) is 5.82. The normalized spacial score (nSPS) is 18.3. The molecule has 0 aliphatic carbocycles. The summed E-state index contributed by atoms with van der Waals surface area (Å²) >= 11 is 1.49. The van der Waals surface area contributed by atoms with Crippen LogP contribution in [0.4, 0.5) is 0 Å². The maximum atomic E-state index is 13.1. The van der Waals surface area contributed by atoms with E-state index < -0.39 is 0 Å². The van der Waals surface area contributed by atoms with Crippen molar-refractivity contribution in [2.75, 3.05) is 59.0 Å². The molecule has 2 aliphatic heterocycles. The van der Waals surface area contributed by atoms with Crippen LogP contribution >= 0.6 is 11.3 Å². The molecule has 4 rings (SSSR count). The molecule has 1 aromatic heterocycles. The number of carbonyl (C=O) groups excluding carboxylic acids is 2. The molecule has 7 heteroatoms. The van der Waals surface area contributed by atoms with Crippen LogP contribution in [0.3, 0.4) is 0 Å². The van der Waals surface area contributed by atoms with E-state index in [-0.39, 0.29) is 11.8 Å². The minimum Gasteiger partial charge on any atom is -0.379 e. The first kappa shape index (κ1) is 19.1. The van der Waals surface area contributed by atoms with Crippen molar-refractivity contribution in [3.05, 3.63) is 46.7 Å². The zero-order valence-electron chi connectivity index (χ0n) is 15.9. The van der Waals surface area contributed by atoms with Crippen LogP contribution in [0.2, 0.25) is 0 Å². The van der Waals surface area contributed by atoms with Gasteiger partial charge in [0.15, 0.2) is 0 Å². The molecule has 2 aliphatic rings. The second kappa shape index (κ2) is 8.86. The van der Waals surface area contributed by atoms with Crippen LogP contribution in [0.15, 0.2) is 41.8 Å². The molecular weight excluding hydrogens is 374 g/mol. The van der Waals surface area contributed by atoms with Crippen molar-refractivity contribution in [3.63, 3.8) is 0 Å². The summed E-state index contributed by atoms with van der Waals surface area (Å²) in [7, 11) is 0. The number of rotatable bonds is 4. The summed E-state index contributed by atoms with van der Waals surface area (Å²) in [4.78, 5) is 32.3. The van der Waals surface area contributed by atoms with Crippen molar-refractivity contribution in [2.45, 2.75) is 0 Å². The lowest BCUT2D eigenvalue weighted by Gasteiger charge is -2.36. The second-order valence-electron chi connectivity index (χ2n) is 7.09. The van der Waals surface area contributed by atoms with Gasteiger partial charge < -0.3 is 14.5 Å². The molecule has 2 saturated heterocycles. The van der Waals surface area contributed by atoms with E-state index in [0.717, 1.165) is 29.1 Å². The Morgan fingerprint density at radius 1 is 0.893 bits per heavy atom. The highest BCUT2D eigenvalue weighted by Gasteiger charge is 2.28. The van der Waals surface area contributed by atoms with Gasteiger partial charge >= 0.3 is 0 Å². The molecule has 0 radical (unpaired) electrons.